The molecule has 2 fully saturated rings. The van der Waals surface area contributed by atoms with Crippen molar-refractivity contribution in [1.29, 1.82) is 0 Å². The number of rotatable bonds is 5. The average Bonchev–Trinajstić information content (AvgIpc) is 2.78. The zero-order valence-corrected chi connectivity index (χ0v) is 18.3. The molecule has 1 amide bonds. The van der Waals surface area contributed by atoms with Gasteiger partial charge in [0, 0.05) is 69.5 Å². The third kappa shape index (κ3) is 5.29. The van der Waals surface area contributed by atoms with Crippen molar-refractivity contribution in [2.75, 3.05) is 63.8 Å². The molecule has 0 unspecified atom stereocenters. The van der Waals surface area contributed by atoms with Gasteiger partial charge in [-0.1, -0.05) is 29.8 Å². The maximum Gasteiger partial charge on any atom is 0.236 e. The molecule has 31 heavy (non-hydrogen) atoms. The maximum atomic E-state index is 14.0. The fourth-order valence-corrected chi connectivity index (χ4v) is 4.45. The number of piperazine rings is 2. The SMILES string of the molecule is O=C(CN1CCN(c2ccccc2O)CC1)N1CCN(Cc2c(F)cccc2Cl)CC1. The van der Waals surface area contributed by atoms with Gasteiger partial charge in [-0.15, -0.1) is 0 Å². The Morgan fingerprint density at radius 2 is 1.58 bits per heavy atom. The molecule has 0 saturated carbocycles. The molecule has 8 heteroatoms. The molecule has 2 aromatic rings. The highest BCUT2D eigenvalue weighted by Crippen LogP contribution is 2.27. The van der Waals surface area contributed by atoms with Crippen LogP contribution in [0.4, 0.5) is 10.1 Å². The van der Waals surface area contributed by atoms with Crippen molar-refractivity contribution in [2.45, 2.75) is 6.54 Å². The summed E-state index contributed by atoms with van der Waals surface area (Å²) in [6, 6.07) is 12.1. The zero-order valence-electron chi connectivity index (χ0n) is 17.5. The average molecular weight is 447 g/mol. The number of nitrogens with zero attached hydrogens (tertiary/aromatic N) is 4. The van der Waals surface area contributed by atoms with Crippen molar-refractivity contribution in [3.8, 4) is 5.75 Å². The van der Waals surface area contributed by atoms with Gasteiger partial charge < -0.3 is 14.9 Å². The van der Waals surface area contributed by atoms with E-state index >= 15 is 0 Å². The molecule has 2 aliphatic rings. The van der Waals surface area contributed by atoms with Crippen molar-refractivity contribution in [2.24, 2.45) is 0 Å². The first-order chi connectivity index (χ1) is 15.0. The molecule has 0 aliphatic carbocycles. The zero-order chi connectivity index (χ0) is 21.8. The molecule has 0 atom stereocenters. The lowest BCUT2D eigenvalue weighted by Crippen LogP contribution is -2.53. The molecule has 6 nitrogen and oxygen atoms in total. The topological polar surface area (TPSA) is 50.3 Å². The van der Waals surface area contributed by atoms with Crippen molar-refractivity contribution in [3.05, 3.63) is 58.9 Å². The smallest absolute Gasteiger partial charge is 0.236 e. The maximum absolute atomic E-state index is 14.0. The summed E-state index contributed by atoms with van der Waals surface area (Å²) >= 11 is 6.14. The van der Waals surface area contributed by atoms with E-state index in [2.05, 4.69) is 14.7 Å². The predicted octanol–water partition coefficient (Wildman–Crippen LogP) is 2.65. The summed E-state index contributed by atoms with van der Waals surface area (Å²) < 4.78 is 14.0. The van der Waals surface area contributed by atoms with Crippen LogP contribution < -0.4 is 4.90 Å². The van der Waals surface area contributed by atoms with Crippen LogP contribution in [0.5, 0.6) is 5.75 Å². The minimum atomic E-state index is -0.283. The van der Waals surface area contributed by atoms with Gasteiger partial charge in [0.15, 0.2) is 0 Å². The number of carbonyl (C=O) groups is 1. The van der Waals surface area contributed by atoms with E-state index in [9.17, 15) is 14.3 Å². The number of aromatic hydroxyl groups is 1. The molecular formula is C23H28ClFN4O2. The largest absolute Gasteiger partial charge is 0.506 e. The van der Waals surface area contributed by atoms with Gasteiger partial charge in [-0.3, -0.25) is 14.6 Å². The molecule has 2 aromatic carbocycles. The molecule has 166 valence electrons. The molecule has 0 bridgehead atoms. The number of hydrogen-bond acceptors (Lipinski definition) is 5. The minimum absolute atomic E-state index is 0.139. The van der Waals surface area contributed by atoms with Crippen LogP contribution >= 0.6 is 11.6 Å². The van der Waals surface area contributed by atoms with Crippen LogP contribution in [0, 0.1) is 5.82 Å². The Morgan fingerprint density at radius 3 is 2.26 bits per heavy atom. The van der Waals surface area contributed by atoms with Gasteiger partial charge in [-0.2, -0.15) is 0 Å². The van der Waals surface area contributed by atoms with E-state index in [0.29, 0.717) is 55.6 Å². The second kappa shape index (κ2) is 9.85. The summed E-state index contributed by atoms with van der Waals surface area (Å²) in [4.78, 5) is 21.1. The van der Waals surface area contributed by atoms with Crippen LogP contribution in [0.3, 0.4) is 0 Å². The van der Waals surface area contributed by atoms with Crippen LogP contribution in [-0.2, 0) is 11.3 Å². The minimum Gasteiger partial charge on any atom is -0.506 e. The van der Waals surface area contributed by atoms with Crippen molar-refractivity contribution >= 4 is 23.2 Å². The van der Waals surface area contributed by atoms with Gasteiger partial charge in [0.25, 0.3) is 0 Å². The van der Waals surface area contributed by atoms with Crippen molar-refractivity contribution < 1.29 is 14.3 Å². The van der Waals surface area contributed by atoms with E-state index in [0.717, 1.165) is 31.9 Å². The summed E-state index contributed by atoms with van der Waals surface area (Å²) in [7, 11) is 0. The highest BCUT2D eigenvalue weighted by atomic mass is 35.5. The Kier molecular flexibility index (Phi) is 6.95. The fraction of sp³-hybridized carbons (Fsp3) is 0.435. The van der Waals surface area contributed by atoms with E-state index in [1.54, 1.807) is 18.2 Å². The van der Waals surface area contributed by atoms with E-state index < -0.39 is 0 Å². The highest BCUT2D eigenvalue weighted by Gasteiger charge is 2.26. The number of anilines is 1. The first kappa shape index (κ1) is 21.9. The molecule has 0 radical (unpaired) electrons. The monoisotopic (exact) mass is 446 g/mol. The number of phenolic OH excluding ortho intramolecular Hbond substituents is 1. The van der Waals surface area contributed by atoms with Crippen LogP contribution in [0.1, 0.15) is 5.56 Å². The third-order valence-corrected chi connectivity index (χ3v) is 6.48. The van der Waals surface area contributed by atoms with E-state index in [1.165, 1.54) is 6.07 Å². The molecule has 2 heterocycles. The Morgan fingerprint density at radius 1 is 0.903 bits per heavy atom. The van der Waals surface area contributed by atoms with Gasteiger partial charge >= 0.3 is 0 Å². The molecular weight excluding hydrogens is 419 g/mol. The number of amides is 1. The number of para-hydroxylation sites is 2. The second-order valence-electron chi connectivity index (χ2n) is 8.11. The lowest BCUT2D eigenvalue weighted by atomic mass is 10.1. The quantitative estimate of drug-likeness (QED) is 0.765. The molecule has 2 saturated heterocycles. The second-order valence-corrected chi connectivity index (χ2v) is 8.52. The van der Waals surface area contributed by atoms with Crippen molar-refractivity contribution in [3.63, 3.8) is 0 Å². The first-order valence-corrected chi connectivity index (χ1v) is 11.1. The standard InChI is InChI=1S/C23H28ClFN4O2/c24-19-4-3-5-20(25)18(19)16-26-10-14-29(15-11-26)23(31)17-27-8-12-28(13-9-27)21-6-1-2-7-22(21)30/h1-7,30H,8-17H2. The molecule has 4 rings (SSSR count). The van der Waals surface area contributed by atoms with Crippen LogP contribution in [0.2, 0.25) is 5.02 Å². The normalized spacial score (nSPS) is 18.4. The van der Waals surface area contributed by atoms with Gasteiger partial charge in [-0.25, -0.2) is 4.39 Å². The summed E-state index contributed by atoms with van der Waals surface area (Å²) in [5.41, 5.74) is 1.37. The van der Waals surface area contributed by atoms with Crippen molar-refractivity contribution in [1.82, 2.24) is 14.7 Å². The van der Waals surface area contributed by atoms with Gasteiger partial charge in [0.1, 0.15) is 11.6 Å². The summed E-state index contributed by atoms with van der Waals surface area (Å²) in [5, 5.41) is 10.5. The van der Waals surface area contributed by atoms with E-state index in [4.69, 9.17) is 11.6 Å². The van der Waals surface area contributed by atoms with Crippen LogP contribution in [0.15, 0.2) is 42.5 Å². The third-order valence-electron chi connectivity index (χ3n) is 6.12. The summed E-state index contributed by atoms with van der Waals surface area (Å²) in [6.07, 6.45) is 0. The Hall–Kier alpha value is -2.35. The van der Waals surface area contributed by atoms with Gasteiger partial charge in [0.05, 0.1) is 12.2 Å². The number of halogens is 2. The van der Waals surface area contributed by atoms with Gasteiger partial charge in [0.2, 0.25) is 5.91 Å². The number of phenols is 1. The Labute approximate surface area is 187 Å². The Bertz CT molecular complexity index is 892. The lowest BCUT2D eigenvalue weighted by molar-refractivity contribution is -0.134. The molecule has 0 aromatic heterocycles. The van der Waals surface area contributed by atoms with E-state index in [1.807, 2.05) is 23.1 Å². The van der Waals surface area contributed by atoms with Crippen LogP contribution in [0.25, 0.3) is 0 Å². The number of hydrogen-bond donors (Lipinski definition) is 1. The number of carbonyl (C=O) groups excluding carboxylic acids is 1. The molecule has 1 N–H and O–H groups in total. The van der Waals surface area contributed by atoms with Gasteiger partial charge in [-0.05, 0) is 24.3 Å². The number of benzene rings is 2. The van der Waals surface area contributed by atoms with E-state index in [-0.39, 0.29) is 11.7 Å². The lowest BCUT2D eigenvalue weighted by Gasteiger charge is -2.38. The Balaban J connectivity index is 1.22. The first-order valence-electron chi connectivity index (χ1n) is 10.7. The predicted molar refractivity (Wildman–Crippen MR) is 120 cm³/mol. The fourth-order valence-electron chi connectivity index (χ4n) is 4.23. The summed E-state index contributed by atoms with van der Waals surface area (Å²) in [5.74, 6) is 0.148. The molecule has 2 aliphatic heterocycles. The van der Waals surface area contributed by atoms with Crippen LogP contribution in [-0.4, -0.2) is 84.6 Å². The molecule has 0 spiro atoms. The summed E-state index contributed by atoms with van der Waals surface area (Å²) in [6.45, 7) is 6.69. The highest BCUT2D eigenvalue weighted by molar-refractivity contribution is 6.31.